The van der Waals surface area contributed by atoms with Gasteiger partial charge in [-0.2, -0.15) is 4.98 Å². The van der Waals surface area contributed by atoms with Crippen molar-refractivity contribution in [3.8, 4) is 0 Å². The van der Waals surface area contributed by atoms with Crippen molar-refractivity contribution < 1.29 is 5.11 Å². The van der Waals surface area contributed by atoms with Crippen LogP contribution < -0.4 is 10.2 Å². The van der Waals surface area contributed by atoms with Gasteiger partial charge in [0.25, 0.3) is 0 Å². The molecular formula is C21H23ClN4O. The molecular weight excluding hydrogens is 360 g/mol. The third kappa shape index (κ3) is 3.99. The number of aliphatic hydroxyl groups is 1. The van der Waals surface area contributed by atoms with Gasteiger partial charge in [0.05, 0.1) is 18.2 Å². The number of nitrogens with one attached hydrogen (secondary N) is 1. The molecule has 27 heavy (non-hydrogen) atoms. The van der Waals surface area contributed by atoms with E-state index in [2.05, 4.69) is 10.2 Å². The highest BCUT2D eigenvalue weighted by atomic mass is 35.5. The number of para-hydroxylation sites is 1. The molecule has 0 saturated carbocycles. The fourth-order valence-corrected chi connectivity index (χ4v) is 3.70. The highest BCUT2D eigenvalue weighted by molar-refractivity contribution is 6.30. The summed E-state index contributed by atoms with van der Waals surface area (Å²) in [5.74, 6) is 1.50. The molecule has 1 unspecified atom stereocenters. The molecule has 0 amide bonds. The Labute approximate surface area is 164 Å². The van der Waals surface area contributed by atoms with E-state index in [0.29, 0.717) is 12.5 Å². The highest BCUT2D eigenvalue weighted by Gasteiger charge is 2.24. The normalized spacial score (nSPS) is 17.3. The molecule has 6 heteroatoms. The van der Waals surface area contributed by atoms with E-state index >= 15 is 0 Å². The summed E-state index contributed by atoms with van der Waals surface area (Å²) in [4.78, 5) is 11.7. The maximum atomic E-state index is 9.76. The van der Waals surface area contributed by atoms with Crippen LogP contribution in [0.3, 0.4) is 0 Å². The average molecular weight is 383 g/mol. The fraction of sp³-hybridized carbons (Fsp3) is 0.333. The third-order valence-electron chi connectivity index (χ3n) is 5.06. The van der Waals surface area contributed by atoms with Gasteiger partial charge in [0.15, 0.2) is 0 Å². The number of benzene rings is 2. The molecule has 0 bridgehead atoms. The van der Waals surface area contributed by atoms with E-state index in [1.807, 2.05) is 48.5 Å². The van der Waals surface area contributed by atoms with Gasteiger partial charge in [-0.25, -0.2) is 4.98 Å². The summed E-state index contributed by atoms with van der Waals surface area (Å²) < 4.78 is 0. The van der Waals surface area contributed by atoms with Gasteiger partial charge in [-0.15, -0.1) is 0 Å². The first-order chi connectivity index (χ1) is 13.2. The van der Waals surface area contributed by atoms with Gasteiger partial charge < -0.3 is 15.3 Å². The first-order valence-corrected chi connectivity index (χ1v) is 9.75. The number of halogens is 1. The summed E-state index contributed by atoms with van der Waals surface area (Å²) in [6, 6.07) is 15.9. The fourth-order valence-electron chi connectivity index (χ4n) is 3.57. The number of hydrogen-bond acceptors (Lipinski definition) is 5. The smallest absolute Gasteiger partial charge is 0.228 e. The van der Waals surface area contributed by atoms with Gasteiger partial charge in [-0.1, -0.05) is 35.9 Å². The molecule has 1 aliphatic rings. The van der Waals surface area contributed by atoms with Crippen LogP contribution in [0.15, 0.2) is 48.5 Å². The van der Waals surface area contributed by atoms with Gasteiger partial charge in [0, 0.05) is 23.5 Å². The van der Waals surface area contributed by atoms with E-state index in [9.17, 15) is 5.11 Å². The predicted molar refractivity (Wildman–Crippen MR) is 110 cm³/mol. The van der Waals surface area contributed by atoms with Crippen LogP contribution in [-0.2, 0) is 6.54 Å². The molecule has 2 aromatic carbocycles. The lowest BCUT2D eigenvalue weighted by atomic mass is 10.0. The topological polar surface area (TPSA) is 61.3 Å². The lowest BCUT2D eigenvalue weighted by Crippen LogP contribution is -2.43. The van der Waals surface area contributed by atoms with Crippen molar-refractivity contribution in [2.45, 2.75) is 31.8 Å². The minimum atomic E-state index is 0.0871. The minimum absolute atomic E-state index is 0.0871. The number of aromatic nitrogens is 2. The second kappa shape index (κ2) is 8.11. The summed E-state index contributed by atoms with van der Waals surface area (Å²) in [5.41, 5.74) is 2.04. The number of fused-ring (bicyclic) bond motifs is 1. The molecule has 1 saturated heterocycles. The number of piperidine rings is 1. The lowest BCUT2D eigenvalue weighted by Gasteiger charge is -2.34. The number of aliphatic hydroxyl groups excluding tert-OH is 1. The van der Waals surface area contributed by atoms with E-state index in [4.69, 9.17) is 21.6 Å². The van der Waals surface area contributed by atoms with Crippen molar-refractivity contribution in [2.24, 2.45) is 0 Å². The van der Waals surface area contributed by atoms with Crippen LogP contribution in [0.4, 0.5) is 11.8 Å². The number of nitrogens with zero attached hydrogens (tertiary/aromatic N) is 3. The van der Waals surface area contributed by atoms with Crippen molar-refractivity contribution in [1.82, 2.24) is 9.97 Å². The molecule has 2 heterocycles. The minimum Gasteiger partial charge on any atom is -0.394 e. The van der Waals surface area contributed by atoms with Gasteiger partial charge in [-0.05, 0) is 49.1 Å². The Hall–Kier alpha value is -2.37. The summed E-state index contributed by atoms with van der Waals surface area (Å²) in [7, 11) is 0. The Morgan fingerprint density at radius 3 is 2.70 bits per heavy atom. The van der Waals surface area contributed by atoms with E-state index in [0.717, 1.165) is 53.1 Å². The Bertz CT molecular complexity index is 916. The van der Waals surface area contributed by atoms with Crippen LogP contribution in [-0.4, -0.2) is 34.3 Å². The zero-order valence-corrected chi connectivity index (χ0v) is 15.9. The summed E-state index contributed by atoms with van der Waals surface area (Å²) in [6.07, 6.45) is 3.21. The second-order valence-electron chi connectivity index (χ2n) is 6.89. The first kappa shape index (κ1) is 18.0. The van der Waals surface area contributed by atoms with Crippen molar-refractivity contribution in [3.05, 3.63) is 59.1 Å². The Morgan fingerprint density at radius 2 is 1.89 bits per heavy atom. The molecule has 1 atom stereocenters. The number of rotatable bonds is 5. The third-order valence-corrected chi connectivity index (χ3v) is 5.31. The average Bonchev–Trinajstić information content (AvgIpc) is 2.73. The van der Waals surface area contributed by atoms with Gasteiger partial charge >= 0.3 is 0 Å². The molecule has 1 aliphatic heterocycles. The molecule has 3 aromatic rings. The molecule has 140 valence electrons. The van der Waals surface area contributed by atoms with Crippen LogP contribution in [0.25, 0.3) is 10.9 Å². The van der Waals surface area contributed by atoms with Crippen molar-refractivity contribution in [1.29, 1.82) is 0 Å². The van der Waals surface area contributed by atoms with E-state index in [1.54, 1.807) is 0 Å². The maximum Gasteiger partial charge on any atom is 0.228 e. The predicted octanol–water partition coefficient (Wildman–Crippen LogP) is 4.25. The molecule has 0 spiro atoms. The molecule has 0 radical (unpaired) electrons. The molecule has 5 nitrogen and oxygen atoms in total. The number of hydrogen-bond donors (Lipinski definition) is 2. The number of anilines is 2. The van der Waals surface area contributed by atoms with Gasteiger partial charge in [0.1, 0.15) is 5.82 Å². The quantitative estimate of drug-likeness (QED) is 0.690. The monoisotopic (exact) mass is 382 g/mol. The van der Waals surface area contributed by atoms with Crippen molar-refractivity contribution >= 4 is 34.3 Å². The van der Waals surface area contributed by atoms with E-state index < -0.39 is 0 Å². The van der Waals surface area contributed by atoms with Crippen molar-refractivity contribution in [2.75, 3.05) is 23.4 Å². The van der Waals surface area contributed by atoms with Crippen LogP contribution >= 0.6 is 11.6 Å². The van der Waals surface area contributed by atoms with Crippen LogP contribution in [0.1, 0.15) is 24.8 Å². The lowest BCUT2D eigenvalue weighted by molar-refractivity contribution is 0.239. The molecule has 1 aromatic heterocycles. The first-order valence-electron chi connectivity index (χ1n) is 9.37. The summed E-state index contributed by atoms with van der Waals surface area (Å²) >= 11 is 5.97. The molecule has 0 aliphatic carbocycles. The van der Waals surface area contributed by atoms with Crippen molar-refractivity contribution in [3.63, 3.8) is 0 Å². The van der Waals surface area contributed by atoms with E-state index in [-0.39, 0.29) is 12.6 Å². The molecule has 2 N–H and O–H groups in total. The Balaban J connectivity index is 1.66. The SMILES string of the molecule is OCC1CCCCN1c1nc(NCc2ccc(Cl)cc2)c2ccccc2n1. The van der Waals surface area contributed by atoms with Crippen LogP contribution in [0.5, 0.6) is 0 Å². The molecule has 4 rings (SSSR count). The molecule has 1 fully saturated rings. The largest absolute Gasteiger partial charge is 0.394 e. The zero-order valence-electron chi connectivity index (χ0n) is 15.1. The van der Waals surface area contributed by atoms with Crippen LogP contribution in [0, 0.1) is 0 Å². The Kier molecular flexibility index (Phi) is 5.41. The Morgan fingerprint density at radius 1 is 1.07 bits per heavy atom. The van der Waals surface area contributed by atoms with Gasteiger partial charge in [-0.3, -0.25) is 0 Å². The second-order valence-corrected chi connectivity index (χ2v) is 7.33. The summed E-state index contributed by atoms with van der Waals surface area (Å²) in [6.45, 7) is 1.66. The van der Waals surface area contributed by atoms with Crippen LogP contribution in [0.2, 0.25) is 5.02 Å². The zero-order chi connectivity index (χ0) is 18.6. The van der Waals surface area contributed by atoms with E-state index in [1.165, 1.54) is 0 Å². The maximum absolute atomic E-state index is 9.76. The standard InChI is InChI=1S/C21H23ClN4O/c22-16-10-8-15(9-11-16)13-23-20-18-6-1-2-7-19(18)24-21(25-20)26-12-4-3-5-17(26)14-27/h1-2,6-11,17,27H,3-5,12-14H2,(H,23,24,25). The highest BCUT2D eigenvalue weighted by Crippen LogP contribution is 2.27. The van der Waals surface area contributed by atoms with Gasteiger partial charge in [0.2, 0.25) is 5.95 Å². The summed E-state index contributed by atoms with van der Waals surface area (Å²) in [5, 5.41) is 14.9.